The van der Waals surface area contributed by atoms with Crippen LogP contribution >= 0.6 is 0 Å². The molecule has 1 aliphatic rings. The molecule has 1 aromatic rings. The van der Waals surface area contributed by atoms with E-state index in [0.29, 0.717) is 18.8 Å². The van der Waals surface area contributed by atoms with Crippen LogP contribution in [0.5, 0.6) is 0 Å². The van der Waals surface area contributed by atoms with Crippen molar-refractivity contribution < 1.29 is 19.4 Å². The van der Waals surface area contributed by atoms with E-state index < -0.39 is 12.0 Å². The van der Waals surface area contributed by atoms with Gasteiger partial charge in [0.25, 0.3) is 0 Å². The van der Waals surface area contributed by atoms with Crippen molar-refractivity contribution in [3.8, 4) is 0 Å². The highest BCUT2D eigenvalue weighted by Crippen LogP contribution is 2.41. The summed E-state index contributed by atoms with van der Waals surface area (Å²) in [5.41, 5.74) is 0.496. The van der Waals surface area contributed by atoms with Gasteiger partial charge in [-0.2, -0.15) is 0 Å². The maximum Gasteiger partial charge on any atom is 0.358 e. The second-order valence-corrected chi connectivity index (χ2v) is 4.81. The number of hydrogen-bond donors (Lipinski definition) is 2. The fraction of sp³-hybridized carbons (Fsp3) is 0.667. The van der Waals surface area contributed by atoms with E-state index in [1.165, 1.54) is 4.68 Å². The first-order chi connectivity index (χ1) is 9.56. The normalized spacial score (nSPS) is 15.9. The quantitative estimate of drug-likeness (QED) is 0.691. The highest BCUT2D eigenvalue weighted by Gasteiger charge is 2.36. The molecular weight excluding hydrogens is 264 g/mol. The molecule has 0 spiro atoms. The Labute approximate surface area is 116 Å². The van der Waals surface area contributed by atoms with Crippen LogP contribution in [0.15, 0.2) is 0 Å². The first-order valence-electron chi connectivity index (χ1n) is 6.51. The number of methoxy groups -OCH3 is 1. The van der Waals surface area contributed by atoms with Crippen molar-refractivity contribution >= 4 is 11.9 Å². The van der Waals surface area contributed by atoms with Crippen molar-refractivity contribution in [2.45, 2.75) is 31.7 Å². The van der Waals surface area contributed by atoms with Gasteiger partial charge < -0.3 is 15.2 Å². The lowest BCUT2D eigenvalue weighted by Gasteiger charge is -2.14. The number of carboxylic acids is 1. The first kappa shape index (κ1) is 14.4. The molecule has 0 radical (unpaired) electrons. The fourth-order valence-corrected chi connectivity index (χ4v) is 2.01. The van der Waals surface area contributed by atoms with Crippen LogP contribution in [0.25, 0.3) is 0 Å². The summed E-state index contributed by atoms with van der Waals surface area (Å²) in [6, 6.07) is -0.594. The van der Waals surface area contributed by atoms with E-state index in [1.54, 1.807) is 14.0 Å². The van der Waals surface area contributed by atoms with E-state index in [2.05, 4.69) is 15.6 Å². The van der Waals surface area contributed by atoms with Gasteiger partial charge in [0.2, 0.25) is 5.91 Å². The number of rotatable bonds is 7. The molecule has 1 aliphatic carbocycles. The molecule has 8 nitrogen and oxygen atoms in total. The summed E-state index contributed by atoms with van der Waals surface area (Å²) in [5.74, 6) is -1.19. The lowest BCUT2D eigenvalue weighted by atomic mass is 10.2. The highest BCUT2D eigenvalue weighted by atomic mass is 16.5. The smallest absolute Gasteiger partial charge is 0.358 e. The van der Waals surface area contributed by atoms with E-state index in [-0.39, 0.29) is 17.5 Å². The number of amides is 1. The lowest BCUT2D eigenvalue weighted by molar-refractivity contribution is -0.124. The number of nitrogens with one attached hydrogen (secondary N) is 1. The third kappa shape index (κ3) is 2.96. The van der Waals surface area contributed by atoms with Crippen molar-refractivity contribution in [3.63, 3.8) is 0 Å². The van der Waals surface area contributed by atoms with E-state index in [1.807, 2.05) is 0 Å². The van der Waals surface area contributed by atoms with Crippen LogP contribution < -0.4 is 5.32 Å². The summed E-state index contributed by atoms with van der Waals surface area (Å²) < 4.78 is 6.28. The van der Waals surface area contributed by atoms with Gasteiger partial charge in [0.05, 0.1) is 12.3 Å². The Morgan fingerprint density at radius 2 is 2.25 bits per heavy atom. The van der Waals surface area contributed by atoms with Gasteiger partial charge in [0.15, 0.2) is 5.69 Å². The molecule has 0 bridgehead atoms. The van der Waals surface area contributed by atoms with E-state index in [0.717, 1.165) is 12.8 Å². The molecule has 8 heteroatoms. The van der Waals surface area contributed by atoms with E-state index >= 15 is 0 Å². The number of carbonyl (C=O) groups is 2. The molecule has 2 N–H and O–H groups in total. The van der Waals surface area contributed by atoms with Gasteiger partial charge in [0, 0.05) is 19.6 Å². The van der Waals surface area contributed by atoms with Gasteiger partial charge in [-0.05, 0) is 19.8 Å². The zero-order chi connectivity index (χ0) is 14.7. The van der Waals surface area contributed by atoms with Crippen LogP contribution in [-0.4, -0.2) is 52.2 Å². The summed E-state index contributed by atoms with van der Waals surface area (Å²) in [6.45, 7) is 2.50. The molecule has 1 saturated carbocycles. The van der Waals surface area contributed by atoms with Crippen LogP contribution in [0.2, 0.25) is 0 Å². The maximum atomic E-state index is 12.0. The largest absolute Gasteiger partial charge is 0.476 e. The summed E-state index contributed by atoms with van der Waals surface area (Å²) >= 11 is 0. The van der Waals surface area contributed by atoms with Crippen LogP contribution in [-0.2, 0) is 9.53 Å². The van der Waals surface area contributed by atoms with Gasteiger partial charge in [-0.25, -0.2) is 9.48 Å². The third-order valence-corrected chi connectivity index (χ3v) is 3.25. The molecule has 0 saturated heterocycles. The molecule has 1 unspecified atom stereocenters. The molecular formula is C12H18N4O4. The Kier molecular flexibility index (Phi) is 4.33. The van der Waals surface area contributed by atoms with Gasteiger partial charge in [-0.3, -0.25) is 4.79 Å². The molecule has 20 heavy (non-hydrogen) atoms. The van der Waals surface area contributed by atoms with Gasteiger partial charge in [0.1, 0.15) is 6.04 Å². The summed E-state index contributed by atoms with van der Waals surface area (Å²) in [4.78, 5) is 23.1. The van der Waals surface area contributed by atoms with Crippen molar-refractivity contribution in [3.05, 3.63) is 11.4 Å². The Balaban J connectivity index is 2.15. The second kappa shape index (κ2) is 6.00. The molecule has 0 aromatic carbocycles. The minimum atomic E-state index is -1.11. The number of hydrogen-bond acceptors (Lipinski definition) is 5. The molecule has 1 heterocycles. The third-order valence-electron chi connectivity index (χ3n) is 3.25. The molecule has 1 atom stereocenters. The predicted molar refractivity (Wildman–Crippen MR) is 68.6 cm³/mol. The Morgan fingerprint density at radius 1 is 1.55 bits per heavy atom. The van der Waals surface area contributed by atoms with Crippen molar-refractivity contribution in [1.29, 1.82) is 0 Å². The zero-order valence-electron chi connectivity index (χ0n) is 11.5. The summed E-state index contributed by atoms with van der Waals surface area (Å²) in [7, 11) is 1.55. The molecule has 0 aliphatic heterocycles. The Hall–Kier alpha value is -1.96. The van der Waals surface area contributed by atoms with Crippen LogP contribution in [0, 0.1) is 0 Å². The van der Waals surface area contributed by atoms with Crippen molar-refractivity contribution in [2.24, 2.45) is 0 Å². The molecule has 2 rings (SSSR count). The standard InChI is InChI=1S/C12H18N4O4/c1-7(11(17)13-5-6-20-2)16-10(8-3-4-8)9(12(18)19)14-15-16/h7-8H,3-6H2,1-2H3,(H,13,17)(H,18,19). The highest BCUT2D eigenvalue weighted by molar-refractivity contribution is 5.87. The molecule has 1 fully saturated rings. The average molecular weight is 282 g/mol. The minimum Gasteiger partial charge on any atom is -0.476 e. The number of carboxylic acid groups (broad SMARTS) is 1. The number of ether oxygens (including phenoxy) is 1. The SMILES string of the molecule is COCCNC(=O)C(C)n1nnc(C(=O)O)c1C1CC1. The molecule has 1 aromatic heterocycles. The van der Waals surface area contributed by atoms with Crippen molar-refractivity contribution in [1.82, 2.24) is 20.3 Å². The van der Waals surface area contributed by atoms with Crippen LogP contribution in [0.4, 0.5) is 0 Å². The fourth-order valence-electron chi connectivity index (χ4n) is 2.01. The molecule has 110 valence electrons. The number of aromatic carboxylic acids is 1. The number of carbonyl (C=O) groups excluding carboxylic acids is 1. The predicted octanol–water partition coefficient (Wildman–Crippen LogP) is 0.177. The van der Waals surface area contributed by atoms with Crippen LogP contribution in [0.1, 0.15) is 47.9 Å². The van der Waals surface area contributed by atoms with E-state index in [9.17, 15) is 9.59 Å². The average Bonchev–Trinajstić information content (AvgIpc) is 3.16. The summed E-state index contributed by atoms with van der Waals surface area (Å²) in [5, 5.41) is 19.4. The number of aromatic nitrogens is 3. The number of nitrogens with zero attached hydrogens (tertiary/aromatic N) is 3. The first-order valence-corrected chi connectivity index (χ1v) is 6.51. The zero-order valence-corrected chi connectivity index (χ0v) is 11.5. The second-order valence-electron chi connectivity index (χ2n) is 4.81. The lowest BCUT2D eigenvalue weighted by Crippen LogP contribution is -2.34. The topological polar surface area (TPSA) is 106 Å². The monoisotopic (exact) mass is 282 g/mol. The Bertz CT molecular complexity index is 510. The van der Waals surface area contributed by atoms with Gasteiger partial charge >= 0.3 is 5.97 Å². The van der Waals surface area contributed by atoms with Crippen molar-refractivity contribution in [2.75, 3.05) is 20.3 Å². The van der Waals surface area contributed by atoms with Crippen LogP contribution in [0.3, 0.4) is 0 Å². The molecule has 1 amide bonds. The summed E-state index contributed by atoms with van der Waals surface area (Å²) in [6.07, 6.45) is 1.82. The minimum absolute atomic E-state index is 0.0518. The van der Waals surface area contributed by atoms with Gasteiger partial charge in [-0.1, -0.05) is 5.21 Å². The van der Waals surface area contributed by atoms with Gasteiger partial charge in [-0.15, -0.1) is 5.10 Å². The van der Waals surface area contributed by atoms with E-state index in [4.69, 9.17) is 9.84 Å². The maximum absolute atomic E-state index is 12.0. The Morgan fingerprint density at radius 3 is 2.80 bits per heavy atom.